The third kappa shape index (κ3) is 2.07. The lowest BCUT2D eigenvalue weighted by Crippen LogP contribution is -2.37. The van der Waals surface area contributed by atoms with Gasteiger partial charge in [0, 0.05) is 22.9 Å². The summed E-state index contributed by atoms with van der Waals surface area (Å²) in [6, 6.07) is 16.2. The lowest BCUT2D eigenvalue weighted by atomic mass is 9.69. The monoisotopic (exact) mass is 347 g/mol. The molecule has 1 aliphatic heterocycles. The van der Waals surface area contributed by atoms with Gasteiger partial charge in [-0.1, -0.05) is 30.3 Å². The van der Waals surface area contributed by atoms with E-state index in [1.54, 1.807) is 18.2 Å². The van der Waals surface area contributed by atoms with Gasteiger partial charge in [0.05, 0.1) is 0 Å². The molecule has 0 aliphatic carbocycles. The summed E-state index contributed by atoms with van der Waals surface area (Å²) in [5.41, 5.74) is 2.02. The van der Waals surface area contributed by atoms with E-state index in [9.17, 15) is 20.1 Å². The molecule has 5 heteroatoms. The fourth-order valence-electron chi connectivity index (χ4n) is 3.73. The first-order valence-electron chi connectivity index (χ1n) is 8.18. The fourth-order valence-corrected chi connectivity index (χ4v) is 3.73. The van der Waals surface area contributed by atoms with Gasteiger partial charge in [0.1, 0.15) is 22.7 Å². The highest BCUT2D eigenvalue weighted by Crippen LogP contribution is 2.51. The summed E-state index contributed by atoms with van der Waals surface area (Å²) in [4.78, 5) is 13.3. The second kappa shape index (κ2) is 5.52. The van der Waals surface area contributed by atoms with Crippen LogP contribution in [0.5, 0.6) is 17.2 Å². The van der Waals surface area contributed by atoms with Crippen molar-refractivity contribution in [2.24, 2.45) is 0 Å². The molecule has 3 aromatic carbocycles. The van der Waals surface area contributed by atoms with E-state index in [2.05, 4.69) is 5.32 Å². The first kappa shape index (κ1) is 16.0. The second-order valence-corrected chi connectivity index (χ2v) is 6.45. The first-order valence-corrected chi connectivity index (χ1v) is 8.18. The number of fused-ring (bicyclic) bond motifs is 1. The van der Waals surface area contributed by atoms with Crippen LogP contribution in [0, 0.1) is 6.92 Å². The molecule has 0 aromatic heterocycles. The van der Waals surface area contributed by atoms with E-state index in [0.29, 0.717) is 22.4 Å². The van der Waals surface area contributed by atoms with E-state index in [1.807, 2.05) is 25.1 Å². The van der Waals surface area contributed by atoms with Crippen molar-refractivity contribution in [2.75, 3.05) is 5.32 Å². The van der Waals surface area contributed by atoms with Crippen molar-refractivity contribution in [1.29, 1.82) is 0 Å². The van der Waals surface area contributed by atoms with E-state index >= 15 is 0 Å². The Labute approximate surface area is 150 Å². The Morgan fingerprint density at radius 3 is 2.23 bits per heavy atom. The van der Waals surface area contributed by atoms with Gasteiger partial charge in [0.15, 0.2) is 0 Å². The number of rotatable bonds is 2. The molecule has 0 saturated heterocycles. The molecule has 26 heavy (non-hydrogen) atoms. The van der Waals surface area contributed by atoms with E-state index in [4.69, 9.17) is 0 Å². The molecule has 1 heterocycles. The molecule has 0 radical (unpaired) electrons. The van der Waals surface area contributed by atoms with Crippen LogP contribution in [0.25, 0.3) is 0 Å². The number of nitrogens with one attached hydrogen (secondary N) is 1. The van der Waals surface area contributed by atoms with Crippen LogP contribution in [0.1, 0.15) is 22.3 Å². The number of benzene rings is 3. The van der Waals surface area contributed by atoms with Crippen molar-refractivity contribution in [3.05, 3.63) is 82.9 Å². The summed E-state index contributed by atoms with van der Waals surface area (Å²) in [6.45, 7) is 1.91. The van der Waals surface area contributed by atoms with Crippen LogP contribution in [-0.4, -0.2) is 21.2 Å². The Hall–Kier alpha value is -3.47. The van der Waals surface area contributed by atoms with Gasteiger partial charge in [0.25, 0.3) is 0 Å². The minimum atomic E-state index is -1.28. The Morgan fingerprint density at radius 2 is 1.54 bits per heavy atom. The van der Waals surface area contributed by atoms with Crippen molar-refractivity contribution in [3.63, 3.8) is 0 Å². The second-order valence-electron chi connectivity index (χ2n) is 6.45. The van der Waals surface area contributed by atoms with Gasteiger partial charge in [-0.25, -0.2) is 0 Å². The highest BCUT2D eigenvalue weighted by atomic mass is 16.3. The molecule has 5 nitrogen and oxygen atoms in total. The molecule has 4 N–H and O–H groups in total. The summed E-state index contributed by atoms with van der Waals surface area (Å²) < 4.78 is 0. The highest BCUT2D eigenvalue weighted by Gasteiger charge is 2.51. The van der Waals surface area contributed by atoms with Crippen LogP contribution in [0.4, 0.5) is 5.69 Å². The zero-order valence-corrected chi connectivity index (χ0v) is 14.0. The van der Waals surface area contributed by atoms with E-state index < -0.39 is 5.41 Å². The first-order chi connectivity index (χ1) is 12.4. The predicted molar refractivity (Wildman–Crippen MR) is 97.6 cm³/mol. The van der Waals surface area contributed by atoms with Crippen molar-refractivity contribution in [3.8, 4) is 17.2 Å². The molecule has 1 atom stereocenters. The Morgan fingerprint density at radius 1 is 0.846 bits per heavy atom. The van der Waals surface area contributed by atoms with Crippen LogP contribution in [0.2, 0.25) is 0 Å². The normalized spacial score (nSPS) is 18.4. The van der Waals surface area contributed by atoms with Gasteiger partial charge in [0.2, 0.25) is 5.91 Å². The molecule has 4 rings (SSSR count). The molecule has 0 unspecified atom stereocenters. The average molecular weight is 347 g/mol. The fraction of sp³-hybridized carbons (Fsp3) is 0.0952. The molecule has 3 aromatic rings. The van der Waals surface area contributed by atoms with Crippen LogP contribution >= 0.6 is 0 Å². The number of aromatic hydroxyl groups is 3. The van der Waals surface area contributed by atoms with E-state index in [0.717, 1.165) is 5.56 Å². The van der Waals surface area contributed by atoms with Gasteiger partial charge in [-0.15, -0.1) is 0 Å². The number of carbonyl (C=O) groups is 1. The Kier molecular flexibility index (Phi) is 3.40. The van der Waals surface area contributed by atoms with E-state index in [1.165, 1.54) is 24.3 Å². The zero-order chi connectivity index (χ0) is 18.5. The quantitative estimate of drug-likeness (QED) is 0.572. The number of phenols is 3. The van der Waals surface area contributed by atoms with Crippen LogP contribution in [-0.2, 0) is 10.2 Å². The highest BCUT2D eigenvalue weighted by molar-refractivity contribution is 6.12. The molecule has 130 valence electrons. The number of phenolic OH excluding ortho intramolecular Hbond substituents is 3. The van der Waals surface area contributed by atoms with Gasteiger partial charge < -0.3 is 20.6 Å². The number of hydrogen-bond acceptors (Lipinski definition) is 4. The molecule has 1 aliphatic rings. The van der Waals surface area contributed by atoms with Crippen molar-refractivity contribution < 1.29 is 20.1 Å². The smallest absolute Gasteiger partial charge is 0.244 e. The molecule has 0 saturated carbocycles. The number of amides is 1. The Balaban J connectivity index is 2.12. The zero-order valence-electron chi connectivity index (χ0n) is 14.0. The van der Waals surface area contributed by atoms with Gasteiger partial charge in [-0.2, -0.15) is 0 Å². The van der Waals surface area contributed by atoms with Crippen molar-refractivity contribution in [2.45, 2.75) is 12.3 Å². The lowest BCUT2D eigenvalue weighted by Gasteiger charge is -2.29. The minimum absolute atomic E-state index is 0.0849. The van der Waals surface area contributed by atoms with Gasteiger partial charge >= 0.3 is 0 Å². The van der Waals surface area contributed by atoms with Crippen molar-refractivity contribution in [1.82, 2.24) is 0 Å². The molecule has 1 amide bonds. The maximum absolute atomic E-state index is 13.3. The third-order valence-electron chi connectivity index (χ3n) is 4.94. The summed E-state index contributed by atoms with van der Waals surface area (Å²) in [6.07, 6.45) is 0. The molecular formula is C21H17NO4. The van der Waals surface area contributed by atoms with Gasteiger partial charge in [-0.3, -0.25) is 4.79 Å². The molecule has 0 fully saturated rings. The third-order valence-corrected chi connectivity index (χ3v) is 4.94. The lowest BCUT2D eigenvalue weighted by molar-refractivity contribution is -0.118. The standard InChI is InChI=1S/C21H17NO4/c1-12-3-2-4-17-19(12)22-20(26)21(17,13-5-7-14(23)8-6-13)16-10-9-15(24)11-18(16)25/h2-11,23-25H,1H3,(H,22,26)/t21-/m1/s1. The van der Waals surface area contributed by atoms with Crippen LogP contribution in [0.3, 0.4) is 0 Å². The topological polar surface area (TPSA) is 89.8 Å². The minimum Gasteiger partial charge on any atom is -0.508 e. The average Bonchev–Trinajstić information content (AvgIpc) is 2.90. The molecule has 0 bridgehead atoms. The van der Waals surface area contributed by atoms with Crippen LogP contribution < -0.4 is 5.32 Å². The largest absolute Gasteiger partial charge is 0.508 e. The Bertz CT molecular complexity index is 1030. The number of aryl methyl sites for hydroxylation is 1. The number of para-hydroxylation sites is 1. The van der Waals surface area contributed by atoms with Gasteiger partial charge in [-0.05, 0) is 42.3 Å². The summed E-state index contributed by atoms with van der Waals surface area (Å²) >= 11 is 0. The summed E-state index contributed by atoms with van der Waals surface area (Å²) in [7, 11) is 0. The maximum Gasteiger partial charge on any atom is 0.244 e. The maximum atomic E-state index is 13.3. The SMILES string of the molecule is Cc1cccc2c1NC(=O)[C@]2(c1ccc(O)cc1)c1ccc(O)cc1O. The molecule has 0 spiro atoms. The number of carbonyl (C=O) groups excluding carboxylic acids is 1. The van der Waals surface area contributed by atoms with E-state index in [-0.39, 0.29) is 23.2 Å². The summed E-state index contributed by atoms with van der Waals surface area (Å²) in [5, 5.41) is 32.8. The van der Waals surface area contributed by atoms with Crippen molar-refractivity contribution >= 4 is 11.6 Å². The number of anilines is 1. The molecular weight excluding hydrogens is 330 g/mol. The number of hydrogen-bond donors (Lipinski definition) is 4. The predicted octanol–water partition coefficient (Wildman–Crippen LogP) is 3.40. The van der Waals surface area contributed by atoms with Crippen LogP contribution in [0.15, 0.2) is 60.7 Å². The summed E-state index contributed by atoms with van der Waals surface area (Å²) in [5.74, 6) is -0.479.